The van der Waals surface area contributed by atoms with E-state index in [1.54, 1.807) is 24.3 Å². The zero-order valence-electron chi connectivity index (χ0n) is 10.9. The molecular formula is C13H19NO3S2. The number of rotatable bonds is 6. The number of hydrogen-bond acceptors (Lipinski definition) is 5. The molecule has 0 aliphatic heterocycles. The SMILES string of the molecule is CS(=O)(=O)c1ccc(SCC(O)(CN)C2CC2)cc1. The number of hydrogen-bond donors (Lipinski definition) is 2. The van der Waals surface area contributed by atoms with Gasteiger partial charge in [-0.1, -0.05) is 0 Å². The lowest BCUT2D eigenvalue weighted by atomic mass is 10.0. The van der Waals surface area contributed by atoms with Crippen molar-refractivity contribution in [2.24, 2.45) is 11.7 Å². The molecule has 0 aromatic heterocycles. The molecule has 4 nitrogen and oxygen atoms in total. The van der Waals surface area contributed by atoms with Crippen LogP contribution in [0.25, 0.3) is 0 Å². The smallest absolute Gasteiger partial charge is 0.175 e. The van der Waals surface area contributed by atoms with Crippen LogP contribution >= 0.6 is 11.8 Å². The molecule has 0 amide bonds. The average molecular weight is 301 g/mol. The molecule has 1 aliphatic carbocycles. The molecule has 3 N–H and O–H groups in total. The molecule has 0 heterocycles. The van der Waals surface area contributed by atoms with E-state index in [9.17, 15) is 13.5 Å². The van der Waals surface area contributed by atoms with Crippen LogP contribution in [0.3, 0.4) is 0 Å². The van der Waals surface area contributed by atoms with Gasteiger partial charge in [-0.15, -0.1) is 11.8 Å². The molecule has 0 bridgehead atoms. The molecule has 0 saturated heterocycles. The first-order chi connectivity index (χ1) is 8.85. The summed E-state index contributed by atoms with van der Waals surface area (Å²) in [6, 6.07) is 6.72. The molecule has 2 rings (SSSR count). The van der Waals surface area contributed by atoms with Gasteiger partial charge in [-0.25, -0.2) is 8.42 Å². The zero-order chi connectivity index (χ0) is 14.1. The predicted molar refractivity (Wildman–Crippen MR) is 77.0 cm³/mol. The first-order valence-corrected chi connectivity index (χ1v) is 9.08. The fourth-order valence-electron chi connectivity index (χ4n) is 1.96. The van der Waals surface area contributed by atoms with Crippen LogP contribution in [0.4, 0.5) is 0 Å². The van der Waals surface area contributed by atoms with Crippen LogP contribution in [0.2, 0.25) is 0 Å². The topological polar surface area (TPSA) is 80.4 Å². The Labute approximate surface area is 118 Å². The highest BCUT2D eigenvalue weighted by Gasteiger charge is 2.42. The molecule has 1 aromatic rings. The van der Waals surface area contributed by atoms with E-state index in [1.807, 2.05) is 0 Å². The lowest BCUT2D eigenvalue weighted by Gasteiger charge is -2.25. The van der Waals surface area contributed by atoms with Gasteiger partial charge in [-0.2, -0.15) is 0 Å². The van der Waals surface area contributed by atoms with Crippen LogP contribution in [0.15, 0.2) is 34.1 Å². The highest BCUT2D eigenvalue weighted by atomic mass is 32.2. The molecular weight excluding hydrogens is 282 g/mol. The maximum Gasteiger partial charge on any atom is 0.175 e. The molecule has 1 saturated carbocycles. The Kier molecular flexibility index (Phi) is 4.25. The molecule has 1 unspecified atom stereocenters. The van der Waals surface area contributed by atoms with Gasteiger partial charge in [0, 0.05) is 23.4 Å². The van der Waals surface area contributed by atoms with Crippen LogP contribution < -0.4 is 5.73 Å². The quantitative estimate of drug-likeness (QED) is 0.774. The third-order valence-corrected chi connectivity index (χ3v) is 5.81. The lowest BCUT2D eigenvalue weighted by molar-refractivity contribution is 0.0510. The zero-order valence-corrected chi connectivity index (χ0v) is 12.5. The minimum absolute atomic E-state index is 0.270. The first-order valence-electron chi connectivity index (χ1n) is 6.20. The van der Waals surface area contributed by atoms with E-state index in [0.717, 1.165) is 17.7 Å². The van der Waals surface area contributed by atoms with Crippen molar-refractivity contribution in [2.75, 3.05) is 18.6 Å². The van der Waals surface area contributed by atoms with Gasteiger partial charge < -0.3 is 10.8 Å². The molecule has 6 heteroatoms. The Hall–Kier alpha value is -0.560. The van der Waals surface area contributed by atoms with Crippen molar-refractivity contribution in [3.63, 3.8) is 0 Å². The van der Waals surface area contributed by atoms with Crippen LogP contribution in [0.5, 0.6) is 0 Å². The second kappa shape index (κ2) is 5.44. The summed E-state index contributed by atoms with van der Waals surface area (Å²) in [7, 11) is -3.15. The van der Waals surface area contributed by atoms with Crippen molar-refractivity contribution in [3.05, 3.63) is 24.3 Å². The summed E-state index contributed by atoms with van der Waals surface area (Å²) in [4.78, 5) is 1.26. The van der Waals surface area contributed by atoms with Gasteiger partial charge in [0.1, 0.15) is 0 Å². The molecule has 1 atom stereocenters. The van der Waals surface area contributed by atoms with Crippen LogP contribution in [0.1, 0.15) is 12.8 Å². The molecule has 1 aliphatic rings. The number of benzene rings is 1. The average Bonchev–Trinajstić information content (AvgIpc) is 3.20. The monoisotopic (exact) mass is 301 g/mol. The van der Waals surface area contributed by atoms with Crippen molar-refractivity contribution >= 4 is 21.6 Å². The van der Waals surface area contributed by atoms with Crippen molar-refractivity contribution in [2.45, 2.75) is 28.2 Å². The Bertz CT molecular complexity index is 538. The maximum atomic E-state index is 11.3. The van der Waals surface area contributed by atoms with Crippen molar-refractivity contribution < 1.29 is 13.5 Å². The van der Waals surface area contributed by atoms with E-state index < -0.39 is 15.4 Å². The highest BCUT2D eigenvalue weighted by molar-refractivity contribution is 7.99. The molecule has 0 spiro atoms. The minimum atomic E-state index is -3.15. The summed E-state index contributed by atoms with van der Waals surface area (Å²) in [5.41, 5.74) is 4.86. The Morgan fingerprint density at radius 1 is 1.37 bits per heavy atom. The fraction of sp³-hybridized carbons (Fsp3) is 0.538. The molecule has 19 heavy (non-hydrogen) atoms. The Balaban J connectivity index is 2.00. The van der Waals surface area contributed by atoms with Gasteiger partial charge in [0.15, 0.2) is 9.84 Å². The maximum absolute atomic E-state index is 11.3. The number of sulfone groups is 1. The summed E-state index contributed by atoms with van der Waals surface area (Å²) in [5.74, 6) is 0.868. The van der Waals surface area contributed by atoms with Gasteiger partial charge >= 0.3 is 0 Å². The van der Waals surface area contributed by atoms with E-state index in [-0.39, 0.29) is 6.54 Å². The van der Waals surface area contributed by atoms with Crippen LogP contribution in [0, 0.1) is 5.92 Å². The molecule has 106 valence electrons. The van der Waals surface area contributed by atoms with Gasteiger partial charge in [-0.3, -0.25) is 0 Å². The molecule has 1 fully saturated rings. The van der Waals surface area contributed by atoms with E-state index in [0.29, 0.717) is 16.6 Å². The molecule has 1 aromatic carbocycles. The fourth-order valence-corrected chi connectivity index (χ4v) is 3.68. The minimum Gasteiger partial charge on any atom is -0.387 e. The summed E-state index contributed by atoms with van der Waals surface area (Å²) >= 11 is 1.51. The third kappa shape index (κ3) is 3.72. The summed E-state index contributed by atoms with van der Waals surface area (Å²) < 4.78 is 22.7. The van der Waals surface area contributed by atoms with Crippen molar-refractivity contribution in [1.82, 2.24) is 0 Å². The van der Waals surface area contributed by atoms with Gasteiger partial charge in [0.25, 0.3) is 0 Å². The van der Waals surface area contributed by atoms with Gasteiger partial charge in [0.05, 0.1) is 10.5 Å². The molecule has 0 radical (unpaired) electrons. The van der Waals surface area contributed by atoms with Crippen molar-refractivity contribution in [3.8, 4) is 0 Å². The predicted octanol–water partition coefficient (Wildman–Crippen LogP) is 1.28. The number of nitrogens with two attached hydrogens (primary N) is 1. The Morgan fingerprint density at radius 2 is 1.95 bits per heavy atom. The van der Waals surface area contributed by atoms with Crippen molar-refractivity contribution in [1.29, 1.82) is 0 Å². The highest BCUT2D eigenvalue weighted by Crippen LogP contribution is 2.41. The normalized spacial score (nSPS) is 19.1. The first kappa shape index (κ1) is 14.8. The summed E-state index contributed by atoms with van der Waals surface area (Å²) in [5, 5.41) is 10.4. The van der Waals surface area contributed by atoms with Crippen LogP contribution in [-0.4, -0.2) is 37.7 Å². The van der Waals surface area contributed by atoms with E-state index in [1.165, 1.54) is 18.0 Å². The summed E-state index contributed by atoms with van der Waals surface area (Å²) in [6.45, 7) is 0.270. The van der Waals surface area contributed by atoms with E-state index in [2.05, 4.69) is 0 Å². The van der Waals surface area contributed by atoms with Crippen LogP contribution in [-0.2, 0) is 9.84 Å². The summed E-state index contributed by atoms with van der Waals surface area (Å²) in [6.07, 6.45) is 3.28. The van der Waals surface area contributed by atoms with E-state index in [4.69, 9.17) is 5.73 Å². The van der Waals surface area contributed by atoms with Gasteiger partial charge in [0.2, 0.25) is 0 Å². The van der Waals surface area contributed by atoms with Gasteiger partial charge in [-0.05, 0) is 43.0 Å². The van der Waals surface area contributed by atoms with E-state index >= 15 is 0 Å². The standard InChI is InChI=1S/C13H19NO3S2/c1-19(16,17)12-6-4-11(5-7-12)18-9-13(15,8-14)10-2-3-10/h4-7,10,15H,2-3,8-9,14H2,1H3. The largest absolute Gasteiger partial charge is 0.387 e. The second-order valence-corrected chi connectivity index (χ2v) is 8.18. The second-order valence-electron chi connectivity index (χ2n) is 5.11. The third-order valence-electron chi connectivity index (χ3n) is 3.43. The number of thioether (sulfide) groups is 1. The Morgan fingerprint density at radius 3 is 2.37 bits per heavy atom. The number of aliphatic hydroxyl groups is 1. The lowest BCUT2D eigenvalue weighted by Crippen LogP contribution is -2.42.